The quantitative estimate of drug-likeness (QED) is 0.0980. The van der Waals surface area contributed by atoms with Gasteiger partial charge < -0.3 is 37.0 Å². The summed E-state index contributed by atoms with van der Waals surface area (Å²) in [6.45, 7) is 7.61. The van der Waals surface area contributed by atoms with Gasteiger partial charge in [-0.15, -0.1) is 12.4 Å². The van der Waals surface area contributed by atoms with Crippen molar-refractivity contribution in [3.63, 3.8) is 0 Å². The Labute approximate surface area is 398 Å². The van der Waals surface area contributed by atoms with Crippen molar-refractivity contribution in [2.45, 2.75) is 63.8 Å². The minimum Gasteiger partial charge on any atom is -0.478 e. The summed E-state index contributed by atoms with van der Waals surface area (Å²) >= 11 is 0. The van der Waals surface area contributed by atoms with E-state index in [-0.39, 0.29) is 84.6 Å². The zero-order valence-electron chi connectivity index (χ0n) is 37.4. The molecule has 360 valence electrons. The molecule has 0 saturated carbocycles. The first-order valence-electron chi connectivity index (χ1n) is 20.9. The maximum Gasteiger partial charge on any atom is 0.339 e. The van der Waals surface area contributed by atoms with E-state index in [1.165, 1.54) is 24.8 Å². The largest absolute Gasteiger partial charge is 0.478 e. The van der Waals surface area contributed by atoms with Crippen molar-refractivity contribution in [1.82, 2.24) is 34.5 Å². The highest BCUT2D eigenvalue weighted by Gasteiger charge is 2.41. The molecule has 1 amide bonds. The number of rotatable bonds is 11. The molecule has 2 atom stereocenters. The number of sulfone groups is 2. The van der Waals surface area contributed by atoms with Gasteiger partial charge in [0.15, 0.2) is 19.7 Å². The molecule has 0 radical (unpaired) electrons. The highest BCUT2D eigenvalue weighted by molar-refractivity contribution is 7.92. The molecule has 8 heterocycles. The van der Waals surface area contributed by atoms with Gasteiger partial charge in [0.25, 0.3) is 5.91 Å². The summed E-state index contributed by atoms with van der Waals surface area (Å²) in [6, 6.07) is 18.5. The molecule has 21 nitrogen and oxygen atoms in total. The third-order valence-electron chi connectivity index (χ3n) is 10.6. The number of fused-ring (bicyclic) bond motifs is 2. The number of carbonyl (C=O) groups is 2. The summed E-state index contributed by atoms with van der Waals surface area (Å²) in [5.74, 6) is -2.06. The lowest BCUT2D eigenvalue weighted by Crippen LogP contribution is -2.44. The highest BCUT2D eigenvalue weighted by Crippen LogP contribution is 2.29. The fourth-order valence-electron chi connectivity index (χ4n) is 7.35. The van der Waals surface area contributed by atoms with E-state index in [4.69, 9.17) is 16.3 Å². The molecular formula is C44H51ClN12O9S2. The highest BCUT2D eigenvalue weighted by atomic mass is 35.5. The molecule has 0 aromatic carbocycles. The third-order valence-corrected chi connectivity index (χ3v) is 14.3. The van der Waals surface area contributed by atoms with Crippen molar-refractivity contribution in [1.29, 1.82) is 10.5 Å². The van der Waals surface area contributed by atoms with Crippen molar-refractivity contribution in [3.8, 4) is 34.9 Å². The van der Waals surface area contributed by atoms with Crippen LogP contribution in [0.15, 0.2) is 73.3 Å². The van der Waals surface area contributed by atoms with Crippen LogP contribution in [0, 0.1) is 22.7 Å². The maximum atomic E-state index is 12.9. The number of aromatic nitrogens is 6. The number of carboxylic acid groups (broad SMARTS) is 1. The summed E-state index contributed by atoms with van der Waals surface area (Å²) in [6.07, 6.45) is 6.10. The van der Waals surface area contributed by atoms with Gasteiger partial charge in [0, 0.05) is 37.6 Å². The fourth-order valence-corrected chi connectivity index (χ4v) is 11.2. The molecule has 2 fully saturated rings. The Morgan fingerprint density at radius 1 is 0.735 bits per heavy atom. The molecule has 2 saturated heterocycles. The average Bonchev–Trinajstić information content (AvgIpc) is 4.04. The number of pyridine rings is 2. The molecule has 0 aliphatic carbocycles. The zero-order valence-corrected chi connectivity index (χ0v) is 39.9. The second-order valence-corrected chi connectivity index (χ2v) is 21.3. The molecule has 24 heteroatoms. The molecule has 0 spiro atoms. The van der Waals surface area contributed by atoms with E-state index in [0.717, 1.165) is 16.7 Å². The lowest BCUT2D eigenvalue weighted by Gasteiger charge is -2.22. The maximum absolute atomic E-state index is 12.9. The Morgan fingerprint density at radius 2 is 1.18 bits per heavy atom. The summed E-state index contributed by atoms with van der Waals surface area (Å²) in [7, 11) is -6.29. The first kappa shape index (κ1) is 52.2. The molecule has 68 heavy (non-hydrogen) atoms. The number of halogens is 1. The van der Waals surface area contributed by atoms with Gasteiger partial charge in [0.05, 0.1) is 108 Å². The van der Waals surface area contributed by atoms with Crippen molar-refractivity contribution < 1.29 is 41.7 Å². The lowest BCUT2D eigenvalue weighted by atomic mass is 10.0. The number of nitrogens with two attached hydrogens (primary N) is 1. The Bertz CT molecular complexity index is 3170. The van der Waals surface area contributed by atoms with Crippen LogP contribution < -0.4 is 21.7 Å². The Balaban J connectivity index is 0.000000215. The summed E-state index contributed by atoms with van der Waals surface area (Å²) in [5.41, 5.74) is 9.04. The number of aromatic carboxylic acids is 1. The molecule has 2 unspecified atom stereocenters. The topological polar surface area (TPSA) is 333 Å². The van der Waals surface area contributed by atoms with E-state index < -0.39 is 42.8 Å². The second-order valence-electron chi connectivity index (χ2n) is 17.0. The van der Waals surface area contributed by atoms with Gasteiger partial charge in [-0.3, -0.25) is 14.8 Å². The first-order chi connectivity index (χ1) is 31.6. The minimum absolute atomic E-state index is 0. The van der Waals surface area contributed by atoms with Crippen LogP contribution in [0.1, 0.15) is 72.4 Å². The number of hydrogen-bond donors (Lipinski definition) is 7. The molecule has 2 aliphatic rings. The summed E-state index contributed by atoms with van der Waals surface area (Å²) in [5, 5.41) is 64.7. The van der Waals surface area contributed by atoms with Crippen LogP contribution in [0.4, 0.5) is 11.4 Å². The van der Waals surface area contributed by atoms with Crippen LogP contribution in [0.25, 0.3) is 33.8 Å². The summed E-state index contributed by atoms with van der Waals surface area (Å²) in [4.78, 5) is 32.9. The standard InChI is InChI=1S/C22H24N6O4S.C17H15N5O2.C5H11NO3S.ClH/c1-14(2)27-18-8-19(20-4-3-16-7-15(9-23)10-26-28(16)20)24-11-17(18)21(29)25-12-22(30)5-6-33(31,32)13-22;1-10(2)21-14-6-15(19-9-13(14)17(23)24)16-4-3-12-5-11(7-18)8-20-22(12)16;6-3-5(7)1-2-10(8,9)4-5;/h3-4,7-8,10-11,14,30H,5-6,12-13H2,1-2H3,(H,24,27)(H,25,29);3-6,8-10H,1-2H3,(H,19,21)(H,23,24);7H,1-4,6H2;1H. The summed E-state index contributed by atoms with van der Waals surface area (Å²) < 4.78 is 48.3. The van der Waals surface area contributed by atoms with Crippen LogP contribution in [0.3, 0.4) is 0 Å². The van der Waals surface area contributed by atoms with E-state index in [0.29, 0.717) is 39.6 Å². The molecular weight excluding hydrogens is 940 g/mol. The smallest absolute Gasteiger partial charge is 0.339 e. The molecule has 6 aromatic rings. The fraction of sp³-hybridized carbons (Fsp3) is 0.364. The van der Waals surface area contributed by atoms with Crippen LogP contribution >= 0.6 is 12.4 Å². The Kier molecular flexibility index (Phi) is 16.2. The van der Waals surface area contributed by atoms with Crippen molar-refractivity contribution in [3.05, 3.63) is 95.6 Å². The van der Waals surface area contributed by atoms with Crippen molar-refractivity contribution in [2.75, 3.05) is 46.7 Å². The average molecular weight is 992 g/mol. The number of hydrogen-bond acceptors (Lipinski definition) is 17. The number of carbonyl (C=O) groups excluding carboxylic acids is 1. The zero-order chi connectivity index (χ0) is 48.9. The van der Waals surface area contributed by atoms with Gasteiger partial charge in [-0.25, -0.2) is 30.7 Å². The molecule has 0 bridgehead atoms. The van der Waals surface area contributed by atoms with Gasteiger partial charge in [0.1, 0.15) is 17.7 Å². The van der Waals surface area contributed by atoms with Gasteiger partial charge in [-0.05, 0) is 89.1 Å². The van der Waals surface area contributed by atoms with E-state index in [9.17, 15) is 41.7 Å². The second kappa shape index (κ2) is 21.1. The SMILES string of the molecule is CC(C)Nc1cc(-c2ccc3cc(C#N)cnn23)ncc1C(=O)NCC1(O)CCS(=O)(=O)C1.CC(C)Nc1cc(-c2ccc3cc(C#N)cnn23)ncc1C(=O)O.Cl.NCC1(O)CCS(=O)(=O)C1. The van der Waals surface area contributed by atoms with E-state index in [2.05, 4.69) is 48.3 Å². The number of nitrogens with zero attached hydrogens (tertiary/aromatic N) is 8. The van der Waals surface area contributed by atoms with Crippen LogP contribution in [-0.4, -0.2) is 133 Å². The number of amides is 1. The Morgan fingerprint density at radius 3 is 1.56 bits per heavy atom. The van der Waals surface area contributed by atoms with Crippen LogP contribution in [0.5, 0.6) is 0 Å². The van der Waals surface area contributed by atoms with Crippen molar-refractivity contribution >= 4 is 66.4 Å². The van der Waals surface area contributed by atoms with Gasteiger partial charge in [0.2, 0.25) is 0 Å². The van der Waals surface area contributed by atoms with E-state index in [1.807, 2.05) is 52.0 Å². The van der Waals surface area contributed by atoms with Gasteiger partial charge in [-0.2, -0.15) is 20.7 Å². The molecule has 8 N–H and O–H groups in total. The van der Waals surface area contributed by atoms with Crippen LogP contribution in [-0.2, 0) is 19.7 Å². The minimum atomic E-state index is -3.30. The van der Waals surface area contributed by atoms with E-state index in [1.54, 1.807) is 33.3 Å². The molecule has 2 aliphatic heterocycles. The number of nitriles is 2. The lowest BCUT2D eigenvalue weighted by molar-refractivity contribution is 0.0609. The van der Waals surface area contributed by atoms with Gasteiger partial charge in [-0.1, -0.05) is 0 Å². The third kappa shape index (κ3) is 12.6. The predicted octanol–water partition coefficient (Wildman–Crippen LogP) is 3.07. The number of nitrogens with one attached hydrogen (secondary N) is 3. The normalized spacial score (nSPS) is 18.9. The number of aliphatic hydroxyl groups is 2. The van der Waals surface area contributed by atoms with Crippen LogP contribution in [0.2, 0.25) is 0 Å². The van der Waals surface area contributed by atoms with Crippen molar-refractivity contribution in [2.24, 2.45) is 5.73 Å². The van der Waals surface area contributed by atoms with Gasteiger partial charge >= 0.3 is 5.97 Å². The Hall–Kier alpha value is -6.73. The number of carboxylic acids is 1. The molecule has 8 rings (SSSR count). The first-order valence-corrected chi connectivity index (χ1v) is 24.6. The predicted molar refractivity (Wildman–Crippen MR) is 256 cm³/mol. The molecule has 6 aromatic heterocycles. The van der Waals surface area contributed by atoms with E-state index >= 15 is 0 Å². The number of anilines is 2. The monoisotopic (exact) mass is 990 g/mol.